The van der Waals surface area contributed by atoms with Crippen molar-refractivity contribution in [2.24, 2.45) is 5.92 Å². The number of aromatic nitrogens is 6. The van der Waals surface area contributed by atoms with Gasteiger partial charge >= 0.3 is 92.3 Å². The van der Waals surface area contributed by atoms with E-state index in [0.29, 0.717) is 120 Å². The van der Waals surface area contributed by atoms with E-state index in [9.17, 15) is 39.0 Å². The van der Waals surface area contributed by atoms with Crippen LogP contribution in [0.15, 0.2) is 114 Å². The summed E-state index contributed by atoms with van der Waals surface area (Å²) in [6.07, 6.45) is 25.9. The first-order valence-electron chi connectivity index (χ1n) is 29.5. The van der Waals surface area contributed by atoms with Gasteiger partial charge in [0.2, 0.25) is 0 Å². The summed E-state index contributed by atoms with van der Waals surface area (Å²) in [7, 11) is 0. The van der Waals surface area contributed by atoms with Crippen molar-refractivity contribution in [3.8, 4) is 11.5 Å². The smallest absolute Gasteiger partial charge is 0.358 e. The van der Waals surface area contributed by atoms with E-state index in [0.717, 1.165) is 16.8 Å². The van der Waals surface area contributed by atoms with Crippen LogP contribution in [0.1, 0.15) is 159 Å². The minimum absolute atomic E-state index is 0. The van der Waals surface area contributed by atoms with Crippen molar-refractivity contribution < 1.29 is 111 Å². The van der Waals surface area contributed by atoms with Gasteiger partial charge in [-0.25, -0.2) is 0 Å². The molecule has 498 valence electrons. The number of benzene rings is 6. The average Bonchev–Trinajstić information content (AvgIpc) is 1.59. The number of carbonyl (C=O) groups excluding carboxylic acids is 6. The number of rotatable bonds is 0. The second-order valence-electron chi connectivity index (χ2n) is 22.3. The van der Waals surface area contributed by atoms with E-state index < -0.39 is 23.6 Å². The summed E-state index contributed by atoms with van der Waals surface area (Å²) in [6.45, 7) is 15.8. The molecule has 3 fully saturated rings. The molecule has 0 atom stereocenters. The summed E-state index contributed by atoms with van der Waals surface area (Å²) in [4.78, 5) is 101. The van der Waals surface area contributed by atoms with E-state index in [1.807, 2.05) is 24.3 Å². The number of imide groups is 3. The molecule has 6 aromatic carbocycles. The van der Waals surface area contributed by atoms with Crippen molar-refractivity contribution in [3.05, 3.63) is 190 Å². The SMILES string of the molecule is C1CCCC1.C1CCCC1.CC1CCCC1.O=C1NC(=O)c2c1c1cccnc1c1[n-]c3c(Br)cc(O)cc3c21.O=C1NC(=O)c2c1c1cccnc1c1[n-]c3ccc(O)cc3c21.O=C1NC(=O)c2c1c1cccnc1c1[n-]c3ccccc3c21.[C-]#[O+].[C-]#[O+].[C-]#[O+].[CH3-].[CH3-].[CH3-].[Ru+2].[Ru+2].[Ru+2]. The summed E-state index contributed by atoms with van der Waals surface area (Å²) in [5, 5.41) is 32.5. The number of carbonyl (C=O) groups is 6. The van der Waals surface area contributed by atoms with Crippen LogP contribution >= 0.6 is 15.9 Å². The monoisotopic (exact) mass is 1630 g/mol. The number of amides is 6. The normalized spacial score (nSPS) is 14.0. The van der Waals surface area contributed by atoms with Crippen LogP contribution in [0.2, 0.25) is 0 Å². The van der Waals surface area contributed by atoms with Crippen molar-refractivity contribution in [2.75, 3.05) is 0 Å². The Morgan fingerprint density at radius 2 is 0.732 bits per heavy atom. The summed E-state index contributed by atoms with van der Waals surface area (Å²) in [6, 6.07) is 26.0. The quantitative estimate of drug-likeness (QED) is 0.0408. The molecule has 0 radical (unpaired) electrons. The van der Waals surface area contributed by atoms with Crippen molar-refractivity contribution in [3.63, 3.8) is 0 Å². The molecule has 12 aromatic rings. The zero-order valence-electron chi connectivity index (χ0n) is 53.1. The van der Waals surface area contributed by atoms with Gasteiger partial charge in [-0.05, 0) is 80.7 Å². The molecule has 18 rings (SSSR count). The van der Waals surface area contributed by atoms with Gasteiger partial charge in [0, 0.05) is 39.2 Å². The molecule has 0 bridgehead atoms. The third kappa shape index (κ3) is 15.8. The predicted molar refractivity (Wildman–Crippen MR) is 361 cm³/mol. The second-order valence-corrected chi connectivity index (χ2v) is 23.1. The standard InChI is InChI=1S/C17H8BrN3O3.C17H9N3O3.C17H9N3O2.C6H12.2C5H10.3CO.3CH3.3Ru/c18-9-5-6(22)4-8-10-12-11(16(23)21-17(12)24)7-2-1-3-19-14(7)15(10)20-13(8)9;21-7-3-4-10-9(6-7)11-13-12(16(22)20-17(13)23)8-2-1-5-18-14(8)15(11)19-10;21-16-12-9-5-3-7-18-14(9)15-11(13(12)17(22)20-16)8-4-1-2-6-10(8)19-15;1-6-4-2-3-5-6;2*1-2-4-5-3-1;3*1-2;;;;;;/h1-5H,(H3,19,20,21,22,23,24);1-6H,(H3,18,19,20,21,22,23);1-7H,(H2,18,19,20,21,22);6H,2-5H2,1H3;2*1-5H2;;;;3*1H3;;;/q;;;;;;;;;3*-1;3*+2/p-3. The number of phenols is 2. The van der Waals surface area contributed by atoms with Gasteiger partial charge in [0.05, 0.1) is 49.9 Å². The van der Waals surface area contributed by atoms with Gasteiger partial charge in [0.15, 0.2) is 0 Å². The largest absolute Gasteiger partial charge is 2.00 e. The van der Waals surface area contributed by atoms with Crippen LogP contribution in [-0.2, 0) is 72.4 Å². The Bertz CT molecular complexity index is 4950. The van der Waals surface area contributed by atoms with Crippen LogP contribution in [0.25, 0.3) is 98.1 Å². The number of hydrogen-bond donors (Lipinski definition) is 5. The van der Waals surface area contributed by atoms with Crippen molar-refractivity contribution >= 4 is 149 Å². The number of aromatic hydroxyl groups is 2. The number of nitrogens with zero attached hydrogens (tertiary/aromatic N) is 6. The van der Waals surface area contributed by atoms with Crippen molar-refractivity contribution in [1.29, 1.82) is 0 Å². The molecule has 0 unspecified atom stereocenters. The Balaban J connectivity index is 0.000000260. The van der Waals surface area contributed by atoms with E-state index in [1.54, 1.807) is 73.2 Å². The molecule has 3 aliphatic carbocycles. The number of halogens is 1. The summed E-state index contributed by atoms with van der Waals surface area (Å²) < 4.78 is 23.1. The number of phenolic OH excluding ortho intramolecular Hbond substituents is 2. The molecule has 0 spiro atoms. The third-order valence-corrected chi connectivity index (χ3v) is 17.3. The van der Waals surface area contributed by atoms with Crippen LogP contribution in [0.3, 0.4) is 0 Å². The zero-order chi connectivity index (χ0) is 64.6. The summed E-state index contributed by atoms with van der Waals surface area (Å²) >= 11 is 3.39. The van der Waals surface area contributed by atoms with Gasteiger partial charge in [-0.15, -0.1) is 33.1 Å². The molecule has 6 aliphatic rings. The molecular formula is C73H64BrN9O11Ru3. The van der Waals surface area contributed by atoms with Crippen LogP contribution in [0, 0.1) is 48.1 Å². The first kappa shape index (κ1) is 81.0. The van der Waals surface area contributed by atoms with Crippen molar-refractivity contribution in [1.82, 2.24) is 45.9 Å². The fraction of sp³-hybridized carbons (Fsp3) is 0.219. The van der Waals surface area contributed by atoms with E-state index in [-0.39, 0.29) is 110 Å². The van der Waals surface area contributed by atoms with E-state index in [2.05, 4.69) is 88.7 Å². The number of pyridine rings is 3. The second kappa shape index (κ2) is 36.2. The van der Waals surface area contributed by atoms with Crippen LogP contribution in [0.5, 0.6) is 11.5 Å². The Morgan fingerprint density at radius 1 is 0.402 bits per heavy atom. The van der Waals surface area contributed by atoms with Gasteiger partial charge in [-0.3, -0.25) is 59.7 Å². The van der Waals surface area contributed by atoms with Crippen LogP contribution in [-0.4, -0.2) is 60.6 Å². The summed E-state index contributed by atoms with van der Waals surface area (Å²) in [5.41, 5.74) is 7.62. The summed E-state index contributed by atoms with van der Waals surface area (Å²) in [5.74, 6) is -1.35. The maximum absolute atomic E-state index is 12.4. The molecule has 3 saturated carbocycles. The minimum atomic E-state index is -0.459. The molecule has 97 heavy (non-hydrogen) atoms. The maximum atomic E-state index is 12.4. The fourth-order valence-electron chi connectivity index (χ4n) is 12.8. The molecule has 3 aliphatic heterocycles. The molecule has 6 amide bonds. The van der Waals surface area contributed by atoms with Crippen LogP contribution < -0.4 is 30.9 Å². The number of para-hydroxylation sites is 1. The first-order valence-corrected chi connectivity index (χ1v) is 30.3. The topological polar surface area (TPSA) is 320 Å². The van der Waals surface area contributed by atoms with E-state index in [4.69, 9.17) is 14.0 Å². The van der Waals surface area contributed by atoms with Gasteiger partial charge in [0.25, 0.3) is 35.4 Å². The maximum Gasteiger partial charge on any atom is 2.00 e. The first-order chi connectivity index (χ1) is 44.4. The number of fused-ring (bicyclic) bond motifs is 24. The average molecular weight is 1630 g/mol. The molecule has 24 heteroatoms. The van der Waals surface area contributed by atoms with Gasteiger partial charge in [-0.2, -0.15) is 0 Å². The molecule has 6 aromatic heterocycles. The zero-order valence-corrected chi connectivity index (χ0v) is 59.9. The Kier molecular flexibility index (Phi) is 30.2. The fourth-order valence-corrected chi connectivity index (χ4v) is 13.3. The Labute approximate surface area is 606 Å². The minimum Gasteiger partial charge on any atom is -0.358 e. The predicted octanol–water partition coefficient (Wildman–Crippen LogP) is 14.6. The van der Waals surface area contributed by atoms with E-state index >= 15 is 0 Å². The third-order valence-electron chi connectivity index (χ3n) is 16.7. The van der Waals surface area contributed by atoms with Gasteiger partial charge in [-0.1, -0.05) is 161 Å². The van der Waals surface area contributed by atoms with Crippen LogP contribution in [0.4, 0.5) is 0 Å². The van der Waals surface area contributed by atoms with E-state index in [1.165, 1.54) is 102 Å². The Hall–Kier alpha value is -8.46. The van der Waals surface area contributed by atoms with Crippen molar-refractivity contribution in [2.45, 2.75) is 96.8 Å². The molecule has 0 saturated heterocycles. The molecule has 20 nitrogen and oxygen atoms in total. The number of hydrogen-bond acceptors (Lipinski definition) is 11. The van der Waals surface area contributed by atoms with Gasteiger partial charge < -0.3 is 47.4 Å². The molecule has 5 N–H and O–H groups in total. The molecular weight excluding hydrogens is 1560 g/mol. The molecule has 9 heterocycles. The Morgan fingerprint density at radius 3 is 1.12 bits per heavy atom. The number of nitrogens with one attached hydrogen (secondary N) is 3. The van der Waals surface area contributed by atoms with Gasteiger partial charge in [0.1, 0.15) is 11.5 Å².